The second-order valence-electron chi connectivity index (χ2n) is 15.4. The van der Waals surface area contributed by atoms with Gasteiger partial charge in [-0.2, -0.15) is 0 Å². The van der Waals surface area contributed by atoms with Crippen molar-refractivity contribution in [1.29, 1.82) is 0 Å². The van der Waals surface area contributed by atoms with Gasteiger partial charge < -0.3 is 19.5 Å². The summed E-state index contributed by atoms with van der Waals surface area (Å²) in [7, 11) is 0. The van der Waals surface area contributed by atoms with E-state index in [2.05, 4.69) is 43.1 Å². The Morgan fingerprint density at radius 3 is 0.941 bits per heavy atom. The molecule has 1 N–H and O–H groups in total. The molecule has 0 spiro atoms. The van der Waals surface area contributed by atoms with Gasteiger partial charge in [-0.3, -0.25) is 0 Å². The average molecular weight is 720 g/mol. The first-order valence-electron chi connectivity index (χ1n) is 23.1. The summed E-state index contributed by atoms with van der Waals surface area (Å²) < 4.78 is 11.9. The molecule has 0 aliphatic heterocycles. The highest BCUT2D eigenvalue weighted by atomic mass is 16.5. The topological polar surface area (TPSA) is 41.9 Å². The van der Waals surface area contributed by atoms with Crippen molar-refractivity contribution in [1.82, 2.24) is 4.90 Å². The van der Waals surface area contributed by atoms with Gasteiger partial charge in [-0.15, -0.1) is 0 Å². The molecule has 0 aliphatic carbocycles. The van der Waals surface area contributed by atoms with Gasteiger partial charge in [-0.25, -0.2) is 0 Å². The lowest BCUT2D eigenvalue weighted by molar-refractivity contribution is 0.117. The Bertz CT molecular complexity index is 614. The van der Waals surface area contributed by atoms with Gasteiger partial charge in [0.25, 0.3) is 0 Å². The van der Waals surface area contributed by atoms with Crippen LogP contribution in [0, 0.1) is 0 Å². The van der Waals surface area contributed by atoms with Crippen LogP contribution >= 0.6 is 0 Å². The number of hydrogen-bond donors (Lipinski definition) is 1. The van der Waals surface area contributed by atoms with E-state index < -0.39 is 0 Å². The van der Waals surface area contributed by atoms with E-state index in [1.165, 1.54) is 193 Å². The van der Waals surface area contributed by atoms with E-state index in [1.807, 2.05) is 0 Å². The van der Waals surface area contributed by atoms with Gasteiger partial charge in [-0.1, -0.05) is 154 Å². The largest absolute Gasteiger partial charge is 0.396 e. The molecule has 0 aromatic heterocycles. The lowest BCUT2D eigenvalue weighted by Gasteiger charge is -2.22. The van der Waals surface area contributed by atoms with E-state index in [9.17, 15) is 5.11 Å². The zero-order valence-corrected chi connectivity index (χ0v) is 35.0. The molecule has 0 aromatic carbocycles. The van der Waals surface area contributed by atoms with Gasteiger partial charge in [0.05, 0.1) is 0 Å². The van der Waals surface area contributed by atoms with Crippen LogP contribution in [-0.4, -0.2) is 62.7 Å². The van der Waals surface area contributed by atoms with Crippen molar-refractivity contribution < 1.29 is 14.6 Å². The molecule has 51 heavy (non-hydrogen) atoms. The van der Waals surface area contributed by atoms with Crippen molar-refractivity contribution in [3.05, 3.63) is 24.3 Å². The van der Waals surface area contributed by atoms with Gasteiger partial charge in [0.2, 0.25) is 0 Å². The molecule has 0 radical (unpaired) electrons. The van der Waals surface area contributed by atoms with Crippen LogP contribution in [0.5, 0.6) is 0 Å². The maximum Gasteiger partial charge on any atom is 0.0466 e. The maximum atomic E-state index is 9.34. The fraction of sp³-hybridized carbons (Fsp3) is 0.915. The highest BCUT2D eigenvalue weighted by Crippen LogP contribution is 2.12. The molecule has 0 bridgehead atoms. The van der Waals surface area contributed by atoms with Crippen molar-refractivity contribution in [3.63, 3.8) is 0 Å². The van der Waals surface area contributed by atoms with Crippen molar-refractivity contribution in [2.45, 2.75) is 226 Å². The van der Waals surface area contributed by atoms with Gasteiger partial charge >= 0.3 is 0 Å². The maximum absolute atomic E-state index is 9.34. The predicted molar refractivity (Wildman–Crippen MR) is 227 cm³/mol. The van der Waals surface area contributed by atoms with Crippen LogP contribution in [0.2, 0.25) is 0 Å². The van der Waals surface area contributed by atoms with Crippen LogP contribution in [0.3, 0.4) is 0 Å². The van der Waals surface area contributed by atoms with Crippen molar-refractivity contribution >= 4 is 0 Å². The first kappa shape index (κ1) is 50.3. The number of hydrogen-bond acceptors (Lipinski definition) is 4. The fourth-order valence-electron chi connectivity index (χ4n) is 6.82. The number of unbranched alkanes of at least 4 members (excludes halogenated alkanes) is 26. The highest BCUT2D eigenvalue weighted by Gasteiger charge is 2.05. The lowest BCUT2D eigenvalue weighted by Crippen LogP contribution is -2.28. The molecule has 0 unspecified atom stereocenters. The summed E-state index contributed by atoms with van der Waals surface area (Å²) in [6.07, 6.45) is 53.0. The molecule has 0 heterocycles. The Hall–Kier alpha value is -0.680. The number of allylic oxidation sites excluding steroid dienone is 4. The van der Waals surface area contributed by atoms with Crippen LogP contribution in [0.15, 0.2) is 24.3 Å². The van der Waals surface area contributed by atoms with Crippen LogP contribution in [-0.2, 0) is 9.47 Å². The Morgan fingerprint density at radius 1 is 0.333 bits per heavy atom. The standard InChI is InChI=1S/C47H93NO3/c1-3-5-7-9-11-13-15-17-19-21-23-25-27-29-31-35-44-50-46-37-33-40-48(42-39-43-49)41-34-38-47-51-45-36-32-30-28-26-24-22-20-18-16-14-12-10-8-6-4-2/h17-20,49H,3-16,21-47H2,1-2H3/b19-17-,20-18-. The molecule has 0 aromatic rings. The first-order valence-corrected chi connectivity index (χ1v) is 23.1. The molecule has 0 amide bonds. The summed E-state index contributed by atoms with van der Waals surface area (Å²) in [6, 6.07) is 0. The highest BCUT2D eigenvalue weighted by molar-refractivity contribution is 4.82. The number of ether oxygens (including phenoxy) is 2. The van der Waals surface area contributed by atoms with Crippen LogP contribution in [0.4, 0.5) is 0 Å². The third kappa shape index (κ3) is 45.4. The SMILES string of the molecule is CCCCCCCC/C=C\CCCCCCCCOCCCCN(CCCO)CCCCOCCCCCCCC/C=C\CCCCCCCC. The van der Waals surface area contributed by atoms with Crippen molar-refractivity contribution in [2.75, 3.05) is 52.7 Å². The molecular weight excluding hydrogens is 627 g/mol. The number of nitrogens with zero attached hydrogens (tertiary/aromatic N) is 1. The van der Waals surface area contributed by atoms with E-state index in [4.69, 9.17) is 9.47 Å². The summed E-state index contributed by atoms with van der Waals surface area (Å²) in [5, 5.41) is 9.34. The molecule has 0 saturated heterocycles. The molecule has 0 atom stereocenters. The van der Waals surface area contributed by atoms with Gasteiger partial charge in [0.15, 0.2) is 0 Å². The van der Waals surface area contributed by atoms with E-state index in [0.717, 1.165) is 65.3 Å². The average Bonchev–Trinajstić information content (AvgIpc) is 3.14. The lowest BCUT2D eigenvalue weighted by atomic mass is 10.1. The van der Waals surface area contributed by atoms with Crippen LogP contribution < -0.4 is 0 Å². The second-order valence-corrected chi connectivity index (χ2v) is 15.4. The van der Waals surface area contributed by atoms with Gasteiger partial charge in [-0.05, 0) is 109 Å². The number of rotatable bonds is 45. The summed E-state index contributed by atoms with van der Waals surface area (Å²) in [6.45, 7) is 11.7. The fourth-order valence-corrected chi connectivity index (χ4v) is 6.82. The van der Waals surface area contributed by atoms with Crippen molar-refractivity contribution in [2.24, 2.45) is 0 Å². The molecule has 0 fully saturated rings. The third-order valence-corrected chi connectivity index (χ3v) is 10.3. The Balaban J connectivity index is 3.45. The second kappa shape index (κ2) is 47.3. The van der Waals surface area contributed by atoms with Gasteiger partial charge in [0.1, 0.15) is 0 Å². The minimum absolute atomic E-state index is 0.287. The minimum atomic E-state index is 0.287. The molecular formula is C47H93NO3. The van der Waals surface area contributed by atoms with Gasteiger partial charge in [0, 0.05) is 39.6 Å². The summed E-state index contributed by atoms with van der Waals surface area (Å²) in [5.74, 6) is 0. The van der Waals surface area contributed by atoms with E-state index in [0.29, 0.717) is 0 Å². The summed E-state index contributed by atoms with van der Waals surface area (Å²) in [5.41, 5.74) is 0. The summed E-state index contributed by atoms with van der Waals surface area (Å²) in [4.78, 5) is 2.53. The number of aliphatic hydroxyl groups excluding tert-OH is 1. The van der Waals surface area contributed by atoms with E-state index in [1.54, 1.807) is 0 Å². The quantitative estimate of drug-likeness (QED) is 0.0502. The molecule has 0 rings (SSSR count). The van der Waals surface area contributed by atoms with Crippen molar-refractivity contribution in [3.8, 4) is 0 Å². The van der Waals surface area contributed by atoms with E-state index in [-0.39, 0.29) is 6.61 Å². The molecule has 0 saturated carbocycles. The Labute approximate surface area is 321 Å². The first-order chi connectivity index (χ1) is 25.3. The number of aliphatic hydroxyl groups is 1. The Morgan fingerprint density at radius 2 is 0.608 bits per heavy atom. The summed E-state index contributed by atoms with van der Waals surface area (Å²) >= 11 is 0. The molecule has 4 nitrogen and oxygen atoms in total. The zero-order chi connectivity index (χ0) is 36.8. The monoisotopic (exact) mass is 720 g/mol. The van der Waals surface area contributed by atoms with Crippen LogP contribution in [0.25, 0.3) is 0 Å². The molecule has 304 valence electrons. The smallest absolute Gasteiger partial charge is 0.0466 e. The zero-order valence-electron chi connectivity index (χ0n) is 35.0. The minimum Gasteiger partial charge on any atom is -0.396 e. The predicted octanol–water partition coefficient (Wildman–Crippen LogP) is 14.3. The van der Waals surface area contributed by atoms with Crippen LogP contribution in [0.1, 0.15) is 226 Å². The van der Waals surface area contributed by atoms with E-state index >= 15 is 0 Å². The third-order valence-electron chi connectivity index (χ3n) is 10.3. The molecule has 4 heteroatoms. The Kier molecular flexibility index (Phi) is 46.7. The molecule has 0 aliphatic rings. The normalized spacial score (nSPS) is 12.1.